The second-order valence-corrected chi connectivity index (χ2v) is 11.8. The molecular weight excluding hydrogens is 578 g/mol. The highest BCUT2D eigenvalue weighted by molar-refractivity contribution is 6.08. The average Bonchev–Trinajstić information content (AvgIpc) is 3.47. The number of piperidine rings is 1. The van der Waals surface area contributed by atoms with Crippen molar-refractivity contribution in [2.75, 3.05) is 26.0 Å². The summed E-state index contributed by atoms with van der Waals surface area (Å²) < 4.78 is 11.3. The van der Waals surface area contributed by atoms with E-state index in [2.05, 4.69) is 25.6 Å². The first-order valence-electron chi connectivity index (χ1n) is 15.2. The first-order chi connectivity index (χ1) is 21.7. The van der Waals surface area contributed by atoms with Crippen LogP contribution in [0.2, 0.25) is 0 Å². The molecule has 5 rings (SSSR count). The van der Waals surface area contributed by atoms with E-state index in [1.165, 1.54) is 55.2 Å². The number of aromatic nitrogens is 1. The zero-order chi connectivity index (χ0) is 31.9. The van der Waals surface area contributed by atoms with Crippen molar-refractivity contribution >= 4 is 40.3 Å². The monoisotopic (exact) mass is 617 g/mol. The molecule has 1 aromatic carbocycles. The number of amides is 3. The number of likely N-dealkylation sites (tertiary alicyclic amines) is 1. The van der Waals surface area contributed by atoms with Gasteiger partial charge in [0, 0.05) is 24.2 Å². The van der Waals surface area contributed by atoms with E-state index in [1.54, 1.807) is 30.3 Å². The molecule has 3 heterocycles. The van der Waals surface area contributed by atoms with Gasteiger partial charge in [0.25, 0.3) is 11.5 Å². The standard InChI is InChI=1S/C33H39N5O7/c1-37-18-21-9-7-10-22(17-21)30(37)36-28(39)19-38-16-8-13-26(33(38)43)35-32(42)25(12-4-6-15-29(40)44-2)34-31(41)24-20-45-27-14-5-3-11-23(24)27/h3,5-6,8,11,13-16,20-22,25,30H,4,7,9-10,12,17-19H2,1-2H3,(H,34,41)(H,35,42)(H,36,39)/b15-6+/t21?,22?,25-,30?/m0/s1. The van der Waals surface area contributed by atoms with Gasteiger partial charge in [0.05, 0.1) is 18.8 Å². The molecule has 1 saturated heterocycles. The Labute approximate surface area is 260 Å². The number of para-hydroxylation sites is 1. The Morgan fingerprint density at radius 1 is 1.13 bits per heavy atom. The first-order valence-corrected chi connectivity index (χ1v) is 15.2. The summed E-state index contributed by atoms with van der Waals surface area (Å²) in [6.07, 6.45) is 10.5. The molecule has 12 heteroatoms. The molecule has 4 atom stereocenters. The van der Waals surface area contributed by atoms with Crippen LogP contribution >= 0.6 is 0 Å². The third-order valence-electron chi connectivity index (χ3n) is 8.62. The number of methoxy groups -OCH3 is 1. The van der Waals surface area contributed by atoms with Crippen LogP contribution < -0.4 is 21.5 Å². The largest absolute Gasteiger partial charge is 0.466 e. The predicted molar refractivity (Wildman–Crippen MR) is 167 cm³/mol. The summed E-state index contributed by atoms with van der Waals surface area (Å²) in [6.45, 7) is 0.741. The highest BCUT2D eigenvalue weighted by Gasteiger charge is 2.37. The van der Waals surface area contributed by atoms with Crippen molar-refractivity contribution in [3.8, 4) is 0 Å². The fraction of sp³-hybridized carbons (Fsp3) is 0.424. The highest BCUT2D eigenvalue weighted by atomic mass is 16.5. The average molecular weight is 618 g/mol. The molecule has 3 unspecified atom stereocenters. The molecule has 0 radical (unpaired) electrons. The number of nitrogens with zero attached hydrogens (tertiary/aromatic N) is 2. The van der Waals surface area contributed by atoms with Gasteiger partial charge in [-0.25, -0.2) is 4.79 Å². The van der Waals surface area contributed by atoms with E-state index in [1.807, 2.05) is 7.05 Å². The van der Waals surface area contributed by atoms with Crippen molar-refractivity contribution in [2.45, 2.75) is 57.3 Å². The number of furan rings is 1. The maximum absolute atomic E-state index is 13.5. The number of rotatable bonds is 11. The second kappa shape index (κ2) is 14.4. The Morgan fingerprint density at radius 3 is 2.78 bits per heavy atom. The number of carbonyl (C=O) groups is 4. The fourth-order valence-corrected chi connectivity index (χ4v) is 6.40. The van der Waals surface area contributed by atoms with Gasteiger partial charge in [0.15, 0.2) is 0 Å². The van der Waals surface area contributed by atoms with Gasteiger partial charge >= 0.3 is 5.97 Å². The van der Waals surface area contributed by atoms with Crippen molar-refractivity contribution in [3.63, 3.8) is 0 Å². The molecule has 2 fully saturated rings. The molecule has 0 spiro atoms. The van der Waals surface area contributed by atoms with E-state index in [-0.39, 0.29) is 42.7 Å². The van der Waals surface area contributed by atoms with E-state index in [4.69, 9.17) is 4.42 Å². The van der Waals surface area contributed by atoms with Gasteiger partial charge < -0.3 is 29.7 Å². The molecule has 2 aromatic heterocycles. The second-order valence-electron chi connectivity index (χ2n) is 11.8. The van der Waals surface area contributed by atoms with E-state index in [9.17, 15) is 24.0 Å². The predicted octanol–water partition coefficient (Wildman–Crippen LogP) is 3.04. The normalized spacial score (nSPS) is 20.4. The number of allylic oxidation sites excluding steroid dienone is 1. The van der Waals surface area contributed by atoms with Crippen molar-refractivity contribution < 1.29 is 28.3 Å². The number of fused-ring (bicyclic) bond motifs is 3. The minimum Gasteiger partial charge on any atom is -0.466 e. The highest BCUT2D eigenvalue weighted by Crippen LogP contribution is 2.36. The minimum absolute atomic E-state index is 0.0293. The van der Waals surface area contributed by atoms with Gasteiger partial charge in [-0.3, -0.25) is 24.1 Å². The Hall–Kier alpha value is -4.71. The van der Waals surface area contributed by atoms with E-state index in [0.29, 0.717) is 22.8 Å². The van der Waals surface area contributed by atoms with Gasteiger partial charge in [-0.05, 0) is 69.2 Å². The van der Waals surface area contributed by atoms with Crippen LogP contribution in [0.15, 0.2) is 70.2 Å². The molecular formula is C33H39N5O7. The molecule has 238 valence electrons. The van der Waals surface area contributed by atoms with Gasteiger partial charge in [-0.1, -0.05) is 30.7 Å². The summed E-state index contributed by atoms with van der Waals surface area (Å²) in [6, 6.07) is 8.99. The first kappa shape index (κ1) is 31.7. The Morgan fingerprint density at radius 2 is 1.96 bits per heavy atom. The number of carbonyl (C=O) groups excluding carboxylic acids is 4. The molecule has 2 aliphatic rings. The number of esters is 1. The number of hydrogen-bond acceptors (Lipinski definition) is 8. The summed E-state index contributed by atoms with van der Waals surface area (Å²) >= 11 is 0. The molecule has 3 amide bonds. The van der Waals surface area contributed by atoms with Crippen molar-refractivity contribution in [2.24, 2.45) is 11.8 Å². The lowest BCUT2D eigenvalue weighted by molar-refractivity contribution is -0.134. The van der Waals surface area contributed by atoms with E-state index in [0.717, 1.165) is 19.4 Å². The lowest BCUT2D eigenvalue weighted by Crippen LogP contribution is -2.57. The van der Waals surface area contributed by atoms with Crippen LogP contribution in [-0.2, 0) is 25.7 Å². The number of nitrogens with one attached hydrogen (secondary N) is 3. The topological polar surface area (TPSA) is 152 Å². The molecule has 1 saturated carbocycles. The number of ether oxygens (including phenoxy) is 1. The Kier molecular flexibility index (Phi) is 10.1. The van der Waals surface area contributed by atoms with Gasteiger partial charge in [-0.15, -0.1) is 0 Å². The Bertz CT molecular complexity index is 1640. The fourth-order valence-electron chi connectivity index (χ4n) is 6.40. The quantitative estimate of drug-likeness (QED) is 0.219. The lowest BCUT2D eigenvalue weighted by Gasteiger charge is -2.46. The zero-order valence-corrected chi connectivity index (χ0v) is 25.5. The van der Waals surface area contributed by atoms with E-state index < -0.39 is 29.4 Å². The summed E-state index contributed by atoms with van der Waals surface area (Å²) in [5, 5.41) is 9.05. The SMILES string of the molecule is COC(=O)/C=C/CC[C@H](NC(=O)c1coc2ccccc12)C(=O)Nc1cccn(CC(=O)NC2C3CCCC(C3)CN2C)c1=O. The Balaban J connectivity index is 1.27. The van der Waals surface area contributed by atoms with Crippen molar-refractivity contribution in [1.29, 1.82) is 0 Å². The zero-order valence-electron chi connectivity index (χ0n) is 25.5. The smallest absolute Gasteiger partial charge is 0.330 e. The summed E-state index contributed by atoms with van der Waals surface area (Å²) in [5.74, 6) is -0.924. The maximum atomic E-state index is 13.5. The molecule has 1 aliphatic carbocycles. The molecule has 3 N–H and O–H groups in total. The number of anilines is 1. The van der Waals surface area contributed by atoms with Gasteiger partial charge in [0.2, 0.25) is 11.8 Å². The summed E-state index contributed by atoms with van der Waals surface area (Å²) in [7, 11) is 3.28. The number of hydrogen-bond donors (Lipinski definition) is 3. The van der Waals surface area contributed by atoms with Crippen LogP contribution in [0.3, 0.4) is 0 Å². The van der Waals surface area contributed by atoms with Crippen molar-refractivity contribution in [1.82, 2.24) is 20.1 Å². The molecule has 1 aliphatic heterocycles. The summed E-state index contributed by atoms with van der Waals surface area (Å²) in [5.41, 5.74) is 0.205. The van der Waals surface area contributed by atoms with E-state index >= 15 is 0 Å². The molecule has 2 bridgehead atoms. The third-order valence-corrected chi connectivity index (χ3v) is 8.62. The van der Waals surface area contributed by atoms with Crippen molar-refractivity contribution in [3.05, 3.63) is 76.9 Å². The van der Waals surface area contributed by atoms with Crippen LogP contribution in [0.25, 0.3) is 11.0 Å². The minimum atomic E-state index is -1.06. The maximum Gasteiger partial charge on any atom is 0.330 e. The number of pyridine rings is 1. The van der Waals surface area contributed by atoms with Crippen LogP contribution in [0.4, 0.5) is 5.69 Å². The third kappa shape index (κ3) is 7.69. The molecule has 12 nitrogen and oxygen atoms in total. The van der Waals surface area contributed by atoms with Crippen LogP contribution in [-0.4, -0.2) is 66.1 Å². The lowest BCUT2D eigenvalue weighted by atomic mass is 9.76. The van der Waals surface area contributed by atoms with Gasteiger partial charge in [0.1, 0.15) is 30.1 Å². The van der Waals surface area contributed by atoms with Gasteiger partial charge in [-0.2, -0.15) is 0 Å². The number of benzene rings is 1. The summed E-state index contributed by atoms with van der Waals surface area (Å²) in [4.78, 5) is 66.7. The molecule has 45 heavy (non-hydrogen) atoms. The van der Waals surface area contributed by atoms with Crippen LogP contribution in [0.1, 0.15) is 48.9 Å². The molecule has 3 aromatic rings. The van der Waals surface area contributed by atoms with Crippen LogP contribution in [0.5, 0.6) is 0 Å². The van der Waals surface area contributed by atoms with Crippen LogP contribution in [0, 0.1) is 11.8 Å².